The molecule has 8 heteroatoms. The van der Waals surface area contributed by atoms with E-state index < -0.39 is 6.10 Å². The quantitative estimate of drug-likeness (QED) is 0.669. The molecule has 0 amide bonds. The maximum Gasteiger partial charge on any atom is 0.231 e. The Morgan fingerprint density at radius 2 is 1.81 bits per heavy atom. The molecule has 1 atom stereocenters. The van der Waals surface area contributed by atoms with Crippen LogP contribution in [-0.4, -0.2) is 73.6 Å². The Morgan fingerprint density at radius 1 is 1.19 bits per heavy atom. The molecule has 0 radical (unpaired) electrons. The van der Waals surface area contributed by atoms with E-state index in [-0.39, 0.29) is 6.61 Å². The molecule has 0 saturated carbocycles. The average molecular weight is 298 g/mol. The van der Waals surface area contributed by atoms with Crippen molar-refractivity contribution in [3.8, 4) is 0 Å². The lowest BCUT2D eigenvalue weighted by molar-refractivity contribution is 0.0693. The number of hydrogen-bond acceptors (Lipinski definition) is 8. The van der Waals surface area contributed by atoms with E-state index >= 15 is 0 Å². The molecule has 1 aromatic heterocycles. The highest BCUT2D eigenvalue weighted by molar-refractivity contribution is 5.44. The second-order valence-electron chi connectivity index (χ2n) is 4.67. The maximum absolute atomic E-state index is 9.81. The van der Waals surface area contributed by atoms with E-state index in [4.69, 9.17) is 4.74 Å². The van der Waals surface area contributed by atoms with Crippen molar-refractivity contribution in [1.29, 1.82) is 0 Å². The molecule has 0 aliphatic rings. The molecule has 0 spiro atoms. The van der Waals surface area contributed by atoms with E-state index in [1.54, 1.807) is 19.1 Å². The van der Waals surface area contributed by atoms with Gasteiger partial charge in [-0.3, -0.25) is 0 Å². The number of methoxy groups -OCH3 is 1. The minimum Gasteiger partial charge on any atom is -0.389 e. The van der Waals surface area contributed by atoms with Gasteiger partial charge in [0.25, 0.3) is 0 Å². The van der Waals surface area contributed by atoms with Crippen LogP contribution in [0.2, 0.25) is 0 Å². The summed E-state index contributed by atoms with van der Waals surface area (Å²) in [6.07, 6.45) is -0.591. The van der Waals surface area contributed by atoms with E-state index in [1.807, 2.05) is 11.9 Å². The summed E-state index contributed by atoms with van der Waals surface area (Å²) in [6.45, 7) is 6.41. The molecule has 0 saturated heterocycles. The summed E-state index contributed by atoms with van der Waals surface area (Å²) in [6, 6.07) is 0. The number of ether oxygens (including phenoxy) is 1. The van der Waals surface area contributed by atoms with Gasteiger partial charge in [0.05, 0.1) is 12.7 Å². The first-order valence-electron chi connectivity index (χ1n) is 7.12. The van der Waals surface area contributed by atoms with Gasteiger partial charge in [-0.2, -0.15) is 15.0 Å². The van der Waals surface area contributed by atoms with Gasteiger partial charge < -0.3 is 25.0 Å². The van der Waals surface area contributed by atoms with Crippen molar-refractivity contribution in [2.45, 2.75) is 20.0 Å². The fraction of sp³-hybridized carbons (Fsp3) is 0.769. The molecule has 0 aliphatic carbocycles. The molecule has 2 N–H and O–H groups in total. The molecule has 120 valence electrons. The van der Waals surface area contributed by atoms with Crippen LogP contribution in [0.4, 0.5) is 17.8 Å². The van der Waals surface area contributed by atoms with Crippen LogP contribution in [-0.2, 0) is 4.74 Å². The van der Waals surface area contributed by atoms with Crippen molar-refractivity contribution in [3.63, 3.8) is 0 Å². The third-order valence-corrected chi connectivity index (χ3v) is 3.07. The summed E-state index contributed by atoms with van der Waals surface area (Å²) in [4.78, 5) is 17.0. The van der Waals surface area contributed by atoms with Gasteiger partial charge in [-0.25, -0.2) is 0 Å². The second kappa shape index (κ2) is 8.58. The van der Waals surface area contributed by atoms with Crippen LogP contribution in [0.3, 0.4) is 0 Å². The van der Waals surface area contributed by atoms with Crippen LogP contribution in [0.25, 0.3) is 0 Å². The Balaban J connectivity index is 2.97. The Labute approximate surface area is 126 Å². The van der Waals surface area contributed by atoms with Crippen LogP contribution in [0, 0.1) is 0 Å². The summed E-state index contributed by atoms with van der Waals surface area (Å²) < 4.78 is 4.93. The first-order valence-corrected chi connectivity index (χ1v) is 7.12. The number of hydrogen-bond donors (Lipinski definition) is 2. The first-order chi connectivity index (χ1) is 10.0. The minimum atomic E-state index is -0.591. The normalized spacial score (nSPS) is 12.1. The van der Waals surface area contributed by atoms with Gasteiger partial charge in [-0.05, 0) is 13.8 Å². The van der Waals surface area contributed by atoms with E-state index in [2.05, 4.69) is 34.1 Å². The zero-order chi connectivity index (χ0) is 15.8. The summed E-state index contributed by atoms with van der Waals surface area (Å²) in [5.41, 5.74) is 0. The van der Waals surface area contributed by atoms with Gasteiger partial charge in [0.2, 0.25) is 17.8 Å². The molecule has 1 aromatic rings. The summed E-state index contributed by atoms with van der Waals surface area (Å²) in [7, 11) is 5.16. The lowest BCUT2D eigenvalue weighted by atomic mass is 10.3. The Bertz CT molecular complexity index is 427. The molecule has 0 aliphatic heterocycles. The lowest BCUT2D eigenvalue weighted by Crippen LogP contribution is -2.34. The number of aliphatic hydroxyl groups is 1. The molecule has 21 heavy (non-hydrogen) atoms. The number of aromatic nitrogens is 3. The number of anilines is 3. The van der Waals surface area contributed by atoms with Crippen molar-refractivity contribution >= 4 is 17.8 Å². The van der Waals surface area contributed by atoms with Crippen molar-refractivity contribution in [2.75, 3.05) is 62.6 Å². The van der Waals surface area contributed by atoms with Crippen LogP contribution >= 0.6 is 0 Å². The number of aliphatic hydroxyl groups excluding tert-OH is 1. The molecule has 0 bridgehead atoms. The van der Waals surface area contributed by atoms with Gasteiger partial charge in [0, 0.05) is 40.8 Å². The van der Waals surface area contributed by atoms with Crippen LogP contribution in [0.1, 0.15) is 13.8 Å². The standard InChI is InChI=1S/C13H26N6O2/c1-6-19(7-2)13-16-11(14-3)15-12(17-13)18(4)8-10(20)9-21-5/h10,20H,6-9H2,1-5H3,(H,14,15,16,17). The molecular formula is C13H26N6O2. The highest BCUT2D eigenvalue weighted by Crippen LogP contribution is 2.15. The maximum atomic E-state index is 9.81. The van der Waals surface area contributed by atoms with Crippen LogP contribution in [0.5, 0.6) is 0 Å². The number of nitrogens with zero attached hydrogens (tertiary/aromatic N) is 5. The summed E-state index contributed by atoms with van der Waals surface area (Å²) >= 11 is 0. The molecule has 1 rings (SSSR count). The Morgan fingerprint density at radius 3 is 2.33 bits per heavy atom. The fourth-order valence-electron chi connectivity index (χ4n) is 1.93. The highest BCUT2D eigenvalue weighted by Gasteiger charge is 2.15. The van der Waals surface area contributed by atoms with Crippen LogP contribution < -0.4 is 15.1 Å². The van der Waals surface area contributed by atoms with Gasteiger partial charge in [-0.15, -0.1) is 0 Å². The van der Waals surface area contributed by atoms with E-state index in [1.165, 1.54) is 0 Å². The van der Waals surface area contributed by atoms with Gasteiger partial charge in [-0.1, -0.05) is 0 Å². The molecular weight excluding hydrogens is 272 g/mol. The van der Waals surface area contributed by atoms with Gasteiger partial charge in [0.15, 0.2) is 0 Å². The van der Waals surface area contributed by atoms with E-state index in [0.29, 0.717) is 24.4 Å². The topological polar surface area (TPSA) is 86.6 Å². The number of nitrogens with one attached hydrogen (secondary N) is 1. The van der Waals surface area contributed by atoms with Crippen molar-refractivity contribution < 1.29 is 9.84 Å². The van der Waals surface area contributed by atoms with Crippen molar-refractivity contribution in [3.05, 3.63) is 0 Å². The lowest BCUT2D eigenvalue weighted by Gasteiger charge is -2.23. The van der Waals surface area contributed by atoms with Gasteiger partial charge >= 0.3 is 0 Å². The monoisotopic (exact) mass is 298 g/mol. The smallest absolute Gasteiger partial charge is 0.231 e. The fourth-order valence-corrected chi connectivity index (χ4v) is 1.93. The van der Waals surface area contributed by atoms with Crippen molar-refractivity contribution in [1.82, 2.24) is 15.0 Å². The Hall–Kier alpha value is -1.67. The van der Waals surface area contributed by atoms with Gasteiger partial charge in [0.1, 0.15) is 0 Å². The number of likely N-dealkylation sites (N-methyl/N-ethyl adjacent to an activating group) is 1. The zero-order valence-electron chi connectivity index (χ0n) is 13.5. The first kappa shape index (κ1) is 17.4. The predicted molar refractivity (Wildman–Crippen MR) is 84.1 cm³/mol. The highest BCUT2D eigenvalue weighted by atomic mass is 16.5. The molecule has 0 fully saturated rings. The molecule has 1 heterocycles. The molecule has 1 unspecified atom stereocenters. The third kappa shape index (κ3) is 4.98. The largest absolute Gasteiger partial charge is 0.389 e. The molecule has 8 nitrogen and oxygen atoms in total. The predicted octanol–water partition coefficient (Wildman–Crippen LogP) is 0.203. The zero-order valence-corrected chi connectivity index (χ0v) is 13.5. The summed E-state index contributed by atoms with van der Waals surface area (Å²) in [5, 5.41) is 12.8. The second-order valence-corrected chi connectivity index (χ2v) is 4.67. The minimum absolute atomic E-state index is 0.275. The molecule has 0 aromatic carbocycles. The van der Waals surface area contributed by atoms with Crippen molar-refractivity contribution in [2.24, 2.45) is 0 Å². The third-order valence-electron chi connectivity index (χ3n) is 3.07. The van der Waals surface area contributed by atoms with E-state index in [0.717, 1.165) is 13.1 Å². The average Bonchev–Trinajstić information content (AvgIpc) is 2.48. The SMILES string of the molecule is CCN(CC)c1nc(NC)nc(N(C)CC(O)COC)n1. The van der Waals surface area contributed by atoms with Crippen LogP contribution in [0.15, 0.2) is 0 Å². The summed E-state index contributed by atoms with van der Waals surface area (Å²) in [5.74, 6) is 1.66. The Kier molecular flexibility index (Phi) is 7.10. The number of rotatable bonds is 9. The van der Waals surface area contributed by atoms with E-state index in [9.17, 15) is 5.11 Å².